The van der Waals surface area contributed by atoms with Gasteiger partial charge in [0.15, 0.2) is 10.7 Å². The highest BCUT2D eigenvalue weighted by Gasteiger charge is 2.08. The summed E-state index contributed by atoms with van der Waals surface area (Å²) in [6.45, 7) is 0.458. The highest BCUT2D eigenvalue weighted by molar-refractivity contribution is 7.80. The minimum atomic E-state index is -0.361. The first-order valence-electron chi connectivity index (χ1n) is 9.65. The Bertz CT molecular complexity index is 1280. The van der Waals surface area contributed by atoms with E-state index in [0.717, 1.165) is 22.2 Å². The number of para-hydroxylation sites is 2. The fraction of sp³-hybridized carbons (Fsp3) is 0.0417. The van der Waals surface area contributed by atoms with Crippen LogP contribution in [0.3, 0.4) is 0 Å². The number of thiocarbonyl (C=S) groups is 1. The van der Waals surface area contributed by atoms with Gasteiger partial charge in [-0.15, -0.1) is 0 Å². The van der Waals surface area contributed by atoms with Gasteiger partial charge >= 0.3 is 0 Å². The molecule has 0 saturated carbocycles. The van der Waals surface area contributed by atoms with E-state index < -0.39 is 0 Å². The number of hydrogen-bond donors (Lipinski definition) is 2. The normalized spacial score (nSPS) is 11.1. The van der Waals surface area contributed by atoms with Crippen LogP contribution in [0.2, 0.25) is 10.0 Å². The summed E-state index contributed by atoms with van der Waals surface area (Å²) in [5, 5.41) is 6.83. The summed E-state index contributed by atoms with van der Waals surface area (Å²) in [5.74, 6) is 0.209. The van der Waals surface area contributed by atoms with Crippen molar-refractivity contribution >= 4 is 63.6 Å². The minimum Gasteiger partial charge on any atom is -0.436 e. The van der Waals surface area contributed by atoms with E-state index >= 15 is 0 Å². The van der Waals surface area contributed by atoms with Crippen molar-refractivity contribution in [3.63, 3.8) is 0 Å². The molecule has 4 rings (SSSR count). The lowest BCUT2D eigenvalue weighted by atomic mass is 10.1. The summed E-state index contributed by atoms with van der Waals surface area (Å²) >= 11 is 17.2. The van der Waals surface area contributed by atoms with Crippen LogP contribution < -0.4 is 10.6 Å². The lowest BCUT2D eigenvalue weighted by molar-refractivity contribution is -0.115. The van der Waals surface area contributed by atoms with Crippen LogP contribution in [0.15, 0.2) is 77.2 Å². The molecule has 1 heterocycles. The van der Waals surface area contributed by atoms with Gasteiger partial charge < -0.3 is 9.73 Å². The van der Waals surface area contributed by atoms with Crippen molar-refractivity contribution in [2.75, 3.05) is 0 Å². The topological polar surface area (TPSA) is 67.2 Å². The highest BCUT2D eigenvalue weighted by atomic mass is 35.5. The first-order chi connectivity index (χ1) is 15.5. The Morgan fingerprint density at radius 1 is 1.06 bits per heavy atom. The van der Waals surface area contributed by atoms with E-state index in [-0.39, 0.29) is 11.0 Å². The second-order valence-corrected chi connectivity index (χ2v) is 8.11. The van der Waals surface area contributed by atoms with Crippen molar-refractivity contribution < 1.29 is 9.21 Å². The number of rotatable bonds is 5. The molecular weight excluding hydrogens is 465 g/mol. The average Bonchev–Trinajstić information content (AvgIpc) is 3.22. The Hall–Kier alpha value is -3.19. The number of carbonyl (C=O) groups is 1. The third-order valence-corrected chi connectivity index (χ3v) is 5.37. The van der Waals surface area contributed by atoms with Crippen LogP contribution in [-0.2, 0) is 11.3 Å². The van der Waals surface area contributed by atoms with E-state index in [4.69, 9.17) is 39.8 Å². The van der Waals surface area contributed by atoms with Crippen LogP contribution >= 0.6 is 35.4 Å². The molecule has 1 aromatic heterocycles. The van der Waals surface area contributed by atoms with Gasteiger partial charge in [0.05, 0.1) is 0 Å². The van der Waals surface area contributed by atoms with Gasteiger partial charge in [-0.05, 0) is 65.8 Å². The van der Waals surface area contributed by atoms with Crippen LogP contribution in [0.5, 0.6) is 0 Å². The predicted molar refractivity (Wildman–Crippen MR) is 133 cm³/mol. The molecule has 0 aliphatic carbocycles. The number of halogens is 2. The summed E-state index contributed by atoms with van der Waals surface area (Å²) in [6, 6.07) is 20.4. The smallest absolute Gasteiger partial charge is 0.250 e. The summed E-state index contributed by atoms with van der Waals surface area (Å²) in [7, 11) is 0. The van der Waals surface area contributed by atoms with Gasteiger partial charge in [-0.2, -0.15) is 0 Å². The molecule has 32 heavy (non-hydrogen) atoms. The molecule has 1 amide bonds. The molecule has 4 aromatic rings. The Kier molecular flexibility index (Phi) is 6.85. The molecule has 0 atom stereocenters. The molecule has 5 nitrogen and oxygen atoms in total. The van der Waals surface area contributed by atoms with E-state index in [1.165, 1.54) is 6.08 Å². The molecule has 0 unspecified atom stereocenters. The maximum Gasteiger partial charge on any atom is 0.250 e. The quantitative estimate of drug-likeness (QED) is 0.270. The maximum absolute atomic E-state index is 12.1. The van der Waals surface area contributed by atoms with Gasteiger partial charge in [0.25, 0.3) is 0 Å². The fourth-order valence-corrected chi connectivity index (χ4v) is 3.59. The van der Waals surface area contributed by atoms with Crippen molar-refractivity contribution in [3.05, 3.63) is 94.0 Å². The third kappa shape index (κ3) is 5.53. The summed E-state index contributed by atoms with van der Waals surface area (Å²) in [6.07, 6.45) is 2.96. The van der Waals surface area contributed by atoms with Gasteiger partial charge in [0, 0.05) is 28.2 Å². The molecule has 3 aromatic carbocycles. The van der Waals surface area contributed by atoms with Crippen LogP contribution in [0, 0.1) is 0 Å². The molecule has 0 aliphatic rings. The molecule has 160 valence electrons. The highest BCUT2D eigenvalue weighted by Crippen LogP contribution is 2.24. The molecule has 2 N–H and O–H groups in total. The largest absolute Gasteiger partial charge is 0.436 e. The number of carbonyl (C=O) groups excluding carboxylic acids is 1. The zero-order chi connectivity index (χ0) is 22.5. The van der Waals surface area contributed by atoms with E-state index in [1.54, 1.807) is 24.3 Å². The van der Waals surface area contributed by atoms with Gasteiger partial charge in [-0.25, -0.2) is 4.98 Å². The van der Waals surface area contributed by atoms with Crippen molar-refractivity contribution in [2.45, 2.75) is 6.54 Å². The average molecular weight is 482 g/mol. The Morgan fingerprint density at radius 2 is 1.84 bits per heavy atom. The summed E-state index contributed by atoms with van der Waals surface area (Å²) in [4.78, 5) is 16.6. The summed E-state index contributed by atoms with van der Waals surface area (Å²) < 4.78 is 5.79. The zero-order valence-electron chi connectivity index (χ0n) is 16.6. The molecule has 0 fully saturated rings. The first kappa shape index (κ1) is 22.0. The Labute approximate surface area is 200 Å². The number of benzene rings is 3. The maximum atomic E-state index is 12.1. The van der Waals surface area contributed by atoms with Gasteiger partial charge in [0.1, 0.15) is 5.52 Å². The van der Waals surface area contributed by atoms with Gasteiger partial charge in [-0.3, -0.25) is 10.1 Å². The Morgan fingerprint density at radius 3 is 2.59 bits per heavy atom. The second-order valence-electron chi connectivity index (χ2n) is 6.85. The number of nitrogens with one attached hydrogen (secondary N) is 2. The number of aromatic nitrogens is 1. The molecule has 0 bridgehead atoms. The SMILES string of the molecule is O=C(/C=C/c1ccc(Cl)cc1Cl)NC(=S)NCc1ccc(-c2nc3ccccc3o2)cc1. The van der Waals surface area contributed by atoms with Crippen LogP contribution in [0.4, 0.5) is 0 Å². The standard InChI is InChI=1S/C24H17Cl2N3O2S/c25-18-11-9-16(19(26)13-18)10-12-22(30)29-24(32)27-14-15-5-7-17(8-6-15)23-28-20-3-1-2-4-21(20)31-23/h1-13H,14H2,(H2,27,29,30,32)/b12-10+. The van der Waals surface area contributed by atoms with E-state index in [1.807, 2.05) is 48.5 Å². The molecular formula is C24H17Cl2N3O2S. The van der Waals surface area contributed by atoms with Crippen molar-refractivity contribution in [1.29, 1.82) is 0 Å². The summed E-state index contributed by atoms with van der Waals surface area (Å²) in [5.41, 5.74) is 4.13. The van der Waals surface area contributed by atoms with Crippen LogP contribution in [0.25, 0.3) is 28.6 Å². The minimum absolute atomic E-state index is 0.227. The van der Waals surface area contributed by atoms with Gasteiger partial charge in [0.2, 0.25) is 11.8 Å². The fourth-order valence-electron chi connectivity index (χ4n) is 2.94. The lowest BCUT2D eigenvalue weighted by Gasteiger charge is -2.08. The second kappa shape index (κ2) is 9.96. The lowest BCUT2D eigenvalue weighted by Crippen LogP contribution is -2.37. The van der Waals surface area contributed by atoms with Gasteiger partial charge in [-0.1, -0.05) is 53.5 Å². The third-order valence-electron chi connectivity index (χ3n) is 4.56. The van der Waals surface area contributed by atoms with Crippen molar-refractivity contribution in [1.82, 2.24) is 15.6 Å². The number of amides is 1. The molecule has 8 heteroatoms. The predicted octanol–water partition coefficient (Wildman–Crippen LogP) is 6.01. The molecule has 0 aliphatic heterocycles. The molecule has 0 radical (unpaired) electrons. The number of nitrogens with zero attached hydrogens (tertiary/aromatic N) is 1. The van der Waals surface area contributed by atoms with Crippen molar-refractivity contribution in [3.8, 4) is 11.5 Å². The van der Waals surface area contributed by atoms with E-state index in [2.05, 4.69) is 15.6 Å². The van der Waals surface area contributed by atoms with Crippen molar-refractivity contribution in [2.24, 2.45) is 0 Å². The number of hydrogen-bond acceptors (Lipinski definition) is 4. The number of fused-ring (bicyclic) bond motifs is 1. The molecule has 0 saturated heterocycles. The van der Waals surface area contributed by atoms with E-state index in [0.29, 0.717) is 28.0 Å². The van der Waals surface area contributed by atoms with Crippen LogP contribution in [0.1, 0.15) is 11.1 Å². The monoisotopic (exact) mass is 481 g/mol. The van der Waals surface area contributed by atoms with Crippen LogP contribution in [-0.4, -0.2) is 16.0 Å². The van der Waals surface area contributed by atoms with E-state index in [9.17, 15) is 4.79 Å². The number of oxazole rings is 1. The Balaban J connectivity index is 1.29. The molecule has 0 spiro atoms. The zero-order valence-corrected chi connectivity index (χ0v) is 19.0. The first-order valence-corrected chi connectivity index (χ1v) is 10.8.